The molecule has 0 aromatic carbocycles. The molecule has 0 aliphatic carbocycles. The van der Waals surface area contributed by atoms with Crippen molar-refractivity contribution in [2.75, 3.05) is 23.3 Å². The minimum Gasteiger partial charge on any atom is -0.513 e. The second kappa shape index (κ2) is 6.62. The zero-order chi connectivity index (χ0) is 12.0. The lowest BCUT2D eigenvalue weighted by atomic mass is 9.99. The van der Waals surface area contributed by atoms with Gasteiger partial charge in [-0.15, -0.1) is 23.5 Å². The van der Waals surface area contributed by atoms with Gasteiger partial charge in [0.05, 0.1) is 11.3 Å². The van der Waals surface area contributed by atoms with Crippen molar-refractivity contribution in [3.05, 3.63) is 24.0 Å². The van der Waals surface area contributed by atoms with Crippen LogP contribution in [0, 0.1) is 0 Å². The largest absolute Gasteiger partial charge is 0.513 e. The van der Waals surface area contributed by atoms with Crippen LogP contribution in [-0.2, 0) is 0 Å². The second-order valence-electron chi connectivity index (χ2n) is 4.13. The fourth-order valence-corrected chi connectivity index (χ4v) is 4.28. The second-order valence-corrected chi connectivity index (χ2v) is 6.28. The Morgan fingerprint density at radius 2 is 1.88 bits per heavy atom. The van der Waals surface area contributed by atoms with Gasteiger partial charge in [0, 0.05) is 23.3 Å². The molecule has 1 unspecified atom stereocenters. The molecule has 1 N–H and O–H groups in total. The van der Waals surface area contributed by atoms with Crippen molar-refractivity contribution in [1.82, 2.24) is 4.90 Å². The number of hydrogen-bond donors (Lipinski definition) is 1. The van der Waals surface area contributed by atoms with Crippen LogP contribution in [0.1, 0.15) is 20.8 Å². The molecule has 1 heterocycles. The Morgan fingerprint density at radius 3 is 2.31 bits per heavy atom. The van der Waals surface area contributed by atoms with Gasteiger partial charge in [0.2, 0.25) is 0 Å². The molecule has 1 saturated heterocycles. The Hall–Kier alpha value is -0.0600. The van der Waals surface area contributed by atoms with E-state index in [0.717, 1.165) is 11.8 Å². The van der Waals surface area contributed by atoms with Crippen molar-refractivity contribution in [3.63, 3.8) is 0 Å². The summed E-state index contributed by atoms with van der Waals surface area (Å²) in [7, 11) is 0. The molecule has 92 valence electrons. The third-order valence-electron chi connectivity index (χ3n) is 2.55. The summed E-state index contributed by atoms with van der Waals surface area (Å²) in [5, 5.41) is 9.50. The Morgan fingerprint density at radius 1 is 1.31 bits per heavy atom. The molecule has 0 saturated carbocycles. The van der Waals surface area contributed by atoms with E-state index >= 15 is 0 Å². The third-order valence-corrected chi connectivity index (χ3v) is 4.79. The molecule has 1 atom stereocenters. The maximum Gasteiger partial charge on any atom is 0.0873 e. The minimum absolute atomic E-state index is 0.169. The van der Waals surface area contributed by atoms with Gasteiger partial charge in [-0.25, -0.2) is 0 Å². The molecule has 1 aliphatic rings. The normalized spacial score (nSPS) is 24.3. The van der Waals surface area contributed by atoms with Gasteiger partial charge in [0.25, 0.3) is 0 Å². The Kier molecular flexibility index (Phi) is 5.79. The van der Waals surface area contributed by atoms with E-state index in [2.05, 4.69) is 24.0 Å². The first-order valence-corrected chi connectivity index (χ1v) is 7.82. The van der Waals surface area contributed by atoms with Crippen molar-refractivity contribution in [2.45, 2.75) is 26.3 Å². The van der Waals surface area contributed by atoms with Gasteiger partial charge in [-0.2, -0.15) is 0 Å². The first kappa shape index (κ1) is 14.0. The lowest BCUT2D eigenvalue weighted by molar-refractivity contribution is 0.253. The van der Waals surface area contributed by atoms with E-state index < -0.39 is 0 Å². The number of nitrogens with zero attached hydrogens (tertiary/aromatic N) is 1. The van der Waals surface area contributed by atoms with Crippen molar-refractivity contribution in [1.29, 1.82) is 0 Å². The SMILES string of the molecule is C/C=C\C(C)(/C=C(\C)O)N1CSCCSC1. The van der Waals surface area contributed by atoms with Crippen LogP contribution < -0.4 is 0 Å². The summed E-state index contributed by atoms with van der Waals surface area (Å²) in [5.41, 5.74) is -0.169. The summed E-state index contributed by atoms with van der Waals surface area (Å²) in [5.74, 6) is 4.87. The molecular weight excluding hydrogens is 238 g/mol. The average molecular weight is 259 g/mol. The summed E-state index contributed by atoms with van der Waals surface area (Å²) in [6.07, 6.45) is 6.14. The van der Waals surface area contributed by atoms with Crippen LogP contribution in [0.2, 0.25) is 0 Å². The molecule has 0 radical (unpaired) electrons. The fourth-order valence-electron chi connectivity index (χ4n) is 1.79. The predicted octanol–water partition coefficient (Wildman–Crippen LogP) is 3.48. The first-order valence-electron chi connectivity index (χ1n) is 5.51. The van der Waals surface area contributed by atoms with Crippen LogP contribution in [0.3, 0.4) is 0 Å². The van der Waals surface area contributed by atoms with Gasteiger partial charge in [-0.1, -0.05) is 12.2 Å². The zero-order valence-electron chi connectivity index (χ0n) is 10.3. The lowest BCUT2D eigenvalue weighted by Crippen LogP contribution is -2.42. The maximum absolute atomic E-state index is 9.50. The quantitative estimate of drug-likeness (QED) is 0.619. The number of aliphatic hydroxyl groups excluding tert-OH is 1. The molecule has 0 aromatic rings. The van der Waals surface area contributed by atoms with Crippen LogP contribution in [0.15, 0.2) is 24.0 Å². The van der Waals surface area contributed by atoms with Crippen molar-refractivity contribution in [2.24, 2.45) is 0 Å². The van der Waals surface area contributed by atoms with Gasteiger partial charge in [0.15, 0.2) is 0 Å². The van der Waals surface area contributed by atoms with Crippen molar-refractivity contribution in [3.8, 4) is 0 Å². The van der Waals surface area contributed by atoms with Crippen LogP contribution in [0.4, 0.5) is 0 Å². The van der Waals surface area contributed by atoms with Gasteiger partial charge in [0.1, 0.15) is 0 Å². The number of thioether (sulfide) groups is 2. The van der Waals surface area contributed by atoms with Gasteiger partial charge >= 0.3 is 0 Å². The molecule has 0 bridgehead atoms. The molecule has 4 heteroatoms. The van der Waals surface area contributed by atoms with Crippen LogP contribution in [0.25, 0.3) is 0 Å². The third kappa shape index (κ3) is 4.07. The molecule has 16 heavy (non-hydrogen) atoms. The molecule has 2 nitrogen and oxygen atoms in total. The van der Waals surface area contributed by atoms with Crippen molar-refractivity contribution < 1.29 is 5.11 Å². The molecule has 1 fully saturated rings. The summed E-state index contributed by atoms with van der Waals surface area (Å²) in [4.78, 5) is 2.40. The standard InChI is InChI=1S/C12H21NOS2/c1-4-5-12(3,8-11(2)14)13-9-15-6-7-16-10-13/h4-5,8,14H,6-7,9-10H2,1-3H3/b5-4-,11-8+. The Balaban J connectivity index is 2.86. The Labute approximate surface area is 107 Å². The monoisotopic (exact) mass is 259 g/mol. The molecule has 0 amide bonds. The summed E-state index contributed by atoms with van der Waals surface area (Å²) in [6.45, 7) is 5.91. The number of allylic oxidation sites excluding steroid dienone is 2. The molecular formula is C12H21NOS2. The number of rotatable bonds is 3. The van der Waals surface area contributed by atoms with E-state index in [-0.39, 0.29) is 5.54 Å². The highest BCUT2D eigenvalue weighted by atomic mass is 32.2. The topological polar surface area (TPSA) is 23.5 Å². The Bertz CT molecular complexity index is 266. The smallest absolute Gasteiger partial charge is 0.0873 e. The van der Waals surface area contributed by atoms with E-state index in [4.69, 9.17) is 0 Å². The maximum atomic E-state index is 9.50. The van der Waals surface area contributed by atoms with E-state index in [1.54, 1.807) is 6.92 Å². The summed E-state index contributed by atoms with van der Waals surface area (Å²) in [6, 6.07) is 0. The molecule has 0 spiro atoms. The number of aliphatic hydroxyl groups is 1. The minimum atomic E-state index is -0.169. The lowest BCUT2D eigenvalue weighted by Gasteiger charge is -2.35. The van der Waals surface area contributed by atoms with Crippen molar-refractivity contribution >= 4 is 23.5 Å². The van der Waals surface area contributed by atoms with E-state index in [1.807, 2.05) is 36.5 Å². The molecule has 1 rings (SSSR count). The average Bonchev–Trinajstić information content (AvgIpc) is 2.44. The first-order chi connectivity index (χ1) is 7.58. The van der Waals surface area contributed by atoms with Crippen LogP contribution in [-0.4, -0.2) is 38.8 Å². The highest BCUT2D eigenvalue weighted by molar-refractivity contribution is 8.03. The van der Waals surface area contributed by atoms with Gasteiger partial charge in [-0.3, -0.25) is 4.90 Å². The summed E-state index contributed by atoms with van der Waals surface area (Å²) >= 11 is 3.93. The van der Waals surface area contributed by atoms with E-state index in [0.29, 0.717) is 5.76 Å². The predicted molar refractivity (Wildman–Crippen MR) is 76.1 cm³/mol. The van der Waals surface area contributed by atoms with Crippen LogP contribution >= 0.6 is 23.5 Å². The highest BCUT2D eigenvalue weighted by Gasteiger charge is 2.28. The van der Waals surface area contributed by atoms with E-state index in [1.165, 1.54) is 11.5 Å². The summed E-state index contributed by atoms with van der Waals surface area (Å²) < 4.78 is 0. The van der Waals surface area contributed by atoms with Gasteiger partial charge < -0.3 is 5.11 Å². The van der Waals surface area contributed by atoms with Crippen LogP contribution in [0.5, 0.6) is 0 Å². The van der Waals surface area contributed by atoms with Gasteiger partial charge in [-0.05, 0) is 26.8 Å². The highest BCUT2D eigenvalue weighted by Crippen LogP contribution is 2.28. The van der Waals surface area contributed by atoms with E-state index in [9.17, 15) is 5.11 Å². The molecule has 0 aromatic heterocycles. The zero-order valence-corrected chi connectivity index (χ0v) is 11.9. The fraction of sp³-hybridized carbons (Fsp3) is 0.667. The molecule has 1 aliphatic heterocycles. The number of hydrogen-bond acceptors (Lipinski definition) is 4.